The van der Waals surface area contributed by atoms with Crippen molar-refractivity contribution in [1.82, 2.24) is 9.78 Å². The molecular weight excluding hydrogens is 220 g/mol. The van der Waals surface area contributed by atoms with E-state index in [0.717, 1.165) is 16.6 Å². The van der Waals surface area contributed by atoms with Crippen LogP contribution in [0.15, 0.2) is 18.2 Å². The van der Waals surface area contributed by atoms with Gasteiger partial charge in [0.2, 0.25) is 0 Å². The van der Waals surface area contributed by atoms with Gasteiger partial charge in [-0.3, -0.25) is 9.48 Å². The Hall–Kier alpha value is -2.04. The van der Waals surface area contributed by atoms with Gasteiger partial charge in [-0.1, -0.05) is 6.92 Å². The fraction of sp³-hybridized carbons (Fsp3) is 0.333. The molecule has 90 valence electrons. The van der Waals surface area contributed by atoms with E-state index in [2.05, 4.69) is 5.10 Å². The van der Waals surface area contributed by atoms with Gasteiger partial charge in [-0.15, -0.1) is 0 Å². The average Bonchev–Trinajstić information content (AvgIpc) is 2.56. The largest absolute Gasteiger partial charge is 0.508 e. The van der Waals surface area contributed by atoms with Gasteiger partial charge in [0.05, 0.1) is 18.0 Å². The Labute approximate surface area is 98.3 Å². The maximum absolute atomic E-state index is 10.8. The molecule has 0 saturated heterocycles. The number of carbonyl (C=O) groups is 1. The third-order valence-electron chi connectivity index (χ3n) is 2.85. The van der Waals surface area contributed by atoms with E-state index in [1.54, 1.807) is 29.8 Å². The van der Waals surface area contributed by atoms with Gasteiger partial charge in [-0.05, 0) is 25.1 Å². The number of carboxylic acid groups (broad SMARTS) is 1. The van der Waals surface area contributed by atoms with Crippen LogP contribution < -0.4 is 0 Å². The van der Waals surface area contributed by atoms with Gasteiger partial charge in [0.25, 0.3) is 0 Å². The molecule has 1 aromatic carbocycles. The van der Waals surface area contributed by atoms with Crippen LogP contribution in [0, 0.1) is 12.8 Å². The number of hydrogen-bond acceptors (Lipinski definition) is 3. The molecule has 0 aliphatic heterocycles. The van der Waals surface area contributed by atoms with Crippen molar-refractivity contribution < 1.29 is 15.0 Å². The summed E-state index contributed by atoms with van der Waals surface area (Å²) < 4.78 is 1.67. The second-order valence-electron chi connectivity index (χ2n) is 4.21. The van der Waals surface area contributed by atoms with Crippen LogP contribution in [0.3, 0.4) is 0 Å². The summed E-state index contributed by atoms with van der Waals surface area (Å²) in [6.07, 6.45) is 0. The minimum Gasteiger partial charge on any atom is -0.508 e. The first-order chi connectivity index (χ1) is 7.99. The zero-order valence-corrected chi connectivity index (χ0v) is 9.71. The fourth-order valence-corrected chi connectivity index (χ4v) is 1.76. The summed E-state index contributed by atoms with van der Waals surface area (Å²) in [5, 5.41) is 23.4. The molecule has 0 bridgehead atoms. The highest BCUT2D eigenvalue weighted by atomic mass is 16.4. The summed E-state index contributed by atoms with van der Waals surface area (Å²) in [7, 11) is 0. The Bertz CT molecular complexity index is 574. The highest BCUT2D eigenvalue weighted by Crippen LogP contribution is 2.22. The average molecular weight is 234 g/mol. The second-order valence-corrected chi connectivity index (χ2v) is 4.21. The number of aromatic hydroxyl groups is 1. The molecule has 1 heterocycles. The summed E-state index contributed by atoms with van der Waals surface area (Å²) in [4.78, 5) is 10.8. The lowest BCUT2D eigenvalue weighted by Gasteiger charge is -2.07. The molecule has 0 fully saturated rings. The maximum atomic E-state index is 10.8. The lowest BCUT2D eigenvalue weighted by Crippen LogP contribution is -2.18. The van der Waals surface area contributed by atoms with E-state index in [-0.39, 0.29) is 5.75 Å². The minimum absolute atomic E-state index is 0.187. The number of hydrogen-bond donors (Lipinski definition) is 2. The van der Waals surface area contributed by atoms with E-state index >= 15 is 0 Å². The van der Waals surface area contributed by atoms with Gasteiger partial charge in [-0.25, -0.2) is 0 Å². The van der Waals surface area contributed by atoms with Gasteiger partial charge in [0.15, 0.2) is 0 Å². The van der Waals surface area contributed by atoms with Crippen LogP contribution in [-0.4, -0.2) is 26.0 Å². The van der Waals surface area contributed by atoms with E-state index in [1.807, 2.05) is 6.92 Å². The number of fused-ring (bicyclic) bond motifs is 1. The Morgan fingerprint density at radius 1 is 1.53 bits per heavy atom. The molecule has 17 heavy (non-hydrogen) atoms. The predicted octanol–water partition coefficient (Wildman–Crippen LogP) is 1.77. The molecule has 5 nitrogen and oxygen atoms in total. The third kappa shape index (κ3) is 2.08. The number of phenols is 1. The molecule has 0 radical (unpaired) electrons. The Kier molecular flexibility index (Phi) is 2.75. The molecule has 5 heteroatoms. The first-order valence-electron chi connectivity index (χ1n) is 5.38. The van der Waals surface area contributed by atoms with Gasteiger partial charge in [-0.2, -0.15) is 5.10 Å². The van der Waals surface area contributed by atoms with Crippen molar-refractivity contribution in [1.29, 1.82) is 0 Å². The molecule has 0 aliphatic carbocycles. The van der Waals surface area contributed by atoms with E-state index in [1.165, 1.54) is 0 Å². The number of carboxylic acids is 1. The molecule has 1 atom stereocenters. The zero-order valence-electron chi connectivity index (χ0n) is 9.71. The van der Waals surface area contributed by atoms with Crippen LogP contribution in [0.2, 0.25) is 0 Å². The van der Waals surface area contributed by atoms with Crippen LogP contribution in [0.1, 0.15) is 12.6 Å². The number of nitrogens with zero attached hydrogens (tertiary/aromatic N) is 2. The highest BCUT2D eigenvalue weighted by Gasteiger charge is 2.15. The Morgan fingerprint density at radius 2 is 2.24 bits per heavy atom. The van der Waals surface area contributed by atoms with E-state index in [0.29, 0.717) is 6.54 Å². The van der Waals surface area contributed by atoms with Crippen molar-refractivity contribution in [2.45, 2.75) is 20.4 Å². The normalized spacial score (nSPS) is 12.8. The van der Waals surface area contributed by atoms with Crippen molar-refractivity contribution in [2.24, 2.45) is 5.92 Å². The molecule has 0 saturated carbocycles. The third-order valence-corrected chi connectivity index (χ3v) is 2.85. The first kappa shape index (κ1) is 11.4. The minimum atomic E-state index is -0.841. The van der Waals surface area contributed by atoms with Crippen molar-refractivity contribution >= 4 is 16.9 Å². The van der Waals surface area contributed by atoms with Crippen molar-refractivity contribution in [2.75, 3.05) is 0 Å². The lowest BCUT2D eigenvalue weighted by molar-refractivity contribution is -0.141. The number of rotatable bonds is 3. The zero-order chi connectivity index (χ0) is 12.6. The molecular formula is C12H14N2O3. The van der Waals surface area contributed by atoms with Gasteiger partial charge >= 0.3 is 5.97 Å². The summed E-state index contributed by atoms with van der Waals surface area (Å²) in [5.41, 5.74) is 1.63. The van der Waals surface area contributed by atoms with E-state index in [4.69, 9.17) is 5.11 Å². The van der Waals surface area contributed by atoms with E-state index in [9.17, 15) is 9.90 Å². The molecule has 2 N–H and O–H groups in total. The van der Waals surface area contributed by atoms with Crippen LogP contribution >= 0.6 is 0 Å². The second kappa shape index (κ2) is 4.08. The van der Waals surface area contributed by atoms with Crippen molar-refractivity contribution in [3.63, 3.8) is 0 Å². The molecule has 2 aromatic rings. The van der Waals surface area contributed by atoms with Crippen LogP contribution in [0.5, 0.6) is 5.75 Å². The van der Waals surface area contributed by atoms with Crippen LogP contribution in [0.25, 0.3) is 10.9 Å². The van der Waals surface area contributed by atoms with Crippen LogP contribution in [0.4, 0.5) is 0 Å². The molecule has 0 aliphatic rings. The summed E-state index contributed by atoms with van der Waals surface area (Å²) in [6.45, 7) is 3.84. The Balaban J connectivity index is 2.42. The standard InChI is InChI=1S/C12H14N2O3/c1-7(12(16)17)6-14-8(2)10-5-9(15)3-4-11(10)13-14/h3-5,7,15H,6H2,1-2H3,(H,16,17). The van der Waals surface area contributed by atoms with E-state index < -0.39 is 11.9 Å². The number of aliphatic carboxylic acids is 1. The summed E-state index contributed by atoms with van der Waals surface area (Å²) in [5.74, 6) is -1.14. The number of benzene rings is 1. The van der Waals surface area contributed by atoms with Crippen molar-refractivity contribution in [3.05, 3.63) is 23.9 Å². The smallest absolute Gasteiger partial charge is 0.308 e. The molecule has 1 unspecified atom stereocenters. The molecule has 2 rings (SSSR count). The fourth-order valence-electron chi connectivity index (χ4n) is 1.76. The SMILES string of the molecule is Cc1c2cc(O)ccc2nn1CC(C)C(=O)O. The van der Waals surface area contributed by atoms with Crippen LogP contribution in [-0.2, 0) is 11.3 Å². The summed E-state index contributed by atoms with van der Waals surface area (Å²) >= 11 is 0. The topological polar surface area (TPSA) is 75.4 Å². The monoisotopic (exact) mass is 234 g/mol. The first-order valence-corrected chi connectivity index (χ1v) is 5.38. The van der Waals surface area contributed by atoms with Crippen molar-refractivity contribution in [3.8, 4) is 5.75 Å². The molecule has 0 amide bonds. The summed E-state index contributed by atoms with van der Waals surface area (Å²) in [6, 6.07) is 4.93. The Morgan fingerprint density at radius 3 is 2.88 bits per heavy atom. The number of phenolic OH excluding ortho intramolecular Hbond substituents is 1. The lowest BCUT2D eigenvalue weighted by atomic mass is 10.2. The number of aromatic nitrogens is 2. The predicted molar refractivity (Wildman–Crippen MR) is 62.9 cm³/mol. The van der Waals surface area contributed by atoms with Gasteiger partial charge in [0.1, 0.15) is 5.75 Å². The molecule has 1 aromatic heterocycles. The van der Waals surface area contributed by atoms with Gasteiger partial charge < -0.3 is 10.2 Å². The quantitative estimate of drug-likeness (QED) is 0.848. The molecule has 0 spiro atoms. The highest BCUT2D eigenvalue weighted by molar-refractivity contribution is 5.82. The number of aryl methyl sites for hydroxylation is 1. The van der Waals surface area contributed by atoms with Gasteiger partial charge in [0, 0.05) is 11.1 Å². The maximum Gasteiger partial charge on any atom is 0.308 e.